The van der Waals surface area contributed by atoms with Gasteiger partial charge >= 0.3 is 12.1 Å². The first-order valence-corrected chi connectivity index (χ1v) is 5.30. The summed E-state index contributed by atoms with van der Waals surface area (Å²) in [7, 11) is 1.30. The molecule has 0 radical (unpaired) electrons. The molecule has 94 valence electrons. The standard InChI is InChI=1S/C12H17NO4/c1-12(2,3)17-11(15)13-7-5-6-9(8-13)10(14)16-4/h5-6,8H,7H2,1-4H3. The van der Waals surface area contributed by atoms with Crippen molar-refractivity contribution in [2.75, 3.05) is 13.7 Å². The van der Waals surface area contributed by atoms with Gasteiger partial charge in [0.25, 0.3) is 0 Å². The summed E-state index contributed by atoms with van der Waals surface area (Å²) >= 11 is 0. The highest BCUT2D eigenvalue weighted by atomic mass is 16.6. The summed E-state index contributed by atoms with van der Waals surface area (Å²) in [6.07, 6.45) is 4.27. The van der Waals surface area contributed by atoms with Crippen molar-refractivity contribution < 1.29 is 19.1 Å². The first kappa shape index (κ1) is 13.3. The maximum Gasteiger partial charge on any atom is 0.414 e. The van der Waals surface area contributed by atoms with Crippen LogP contribution >= 0.6 is 0 Å². The fourth-order valence-corrected chi connectivity index (χ4v) is 1.24. The minimum absolute atomic E-state index is 0.324. The second-order valence-corrected chi connectivity index (χ2v) is 4.61. The maximum absolute atomic E-state index is 11.7. The number of nitrogens with zero attached hydrogens (tertiary/aromatic N) is 1. The van der Waals surface area contributed by atoms with E-state index < -0.39 is 17.7 Å². The van der Waals surface area contributed by atoms with Crippen LogP contribution < -0.4 is 0 Å². The Hall–Kier alpha value is -1.78. The summed E-state index contributed by atoms with van der Waals surface area (Å²) in [6.45, 7) is 5.75. The van der Waals surface area contributed by atoms with E-state index in [0.717, 1.165) is 0 Å². The Balaban J connectivity index is 2.74. The lowest BCUT2D eigenvalue weighted by Crippen LogP contribution is -2.35. The molecule has 0 aliphatic carbocycles. The van der Waals surface area contributed by atoms with Gasteiger partial charge in [0.05, 0.1) is 12.7 Å². The number of carbonyl (C=O) groups excluding carboxylic acids is 2. The highest BCUT2D eigenvalue weighted by Crippen LogP contribution is 2.14. The van der Waals surface area contributed by atoms with Crippen molar-refractivity contribution in [3.63, 3.8) is 0 Å². The third-order valence-electron chi connectivity index (χ3n) is 1.94. The number of hydrogen-bond acceptors (Lipinski definition) is 4. The number of amides is 1. The van der Waals surface area contributed by atoms with Crippen molar-refractivity contribution >= 4 is 12.1 Å². The van der Waals surface area contributed by atoms with Crippen LogP contribution in [0.3, 0.4) is 0 Å². The van der Waals surface area contributed by atoms with E-state index in [1.54, 1.807) is 32.9 Å². The largest absolute Gasteiger partial charge is 0.465 e. The van der Waals surface area contributed by atoms with E-state index in [9.17, 15) is 9.59 Å². The molecule has 5 nitrogen and oxygen atoms in total. The number of esters is 1. The molecule has 1 heterocycles. The zero-order chi connectivity index (χ0) is 13.1. The van der Waals surface area contributed by atoms with E-state index in [0.29, 0.717) is 12.1 Å². The van der Waals surface area contributed by atoms with Crippen molar-refractivity contribution in [3.8, 4) is 0 Å². The van der Waals surface area contributed by atoms with Gasteiger partial charge in [-0.05, 0) is 26.8 Å². The Morgan fingerprint density at radius 1 is 1.35 bits per heavy atom. The van der Waals surface area contributed by atoms with Crippen LogP contribution in [0.15, 0.2) is 23.9 Å². The summed E-state index contributed by atoms with van der Waals surface area (Å²) < 4.78 is 9.78. The molecule has 1 aliphatic rings. The number of ether oxygens (including phenoxy) is 2. The Bertz CT molecular complexity index is 376. The van der Waals surface area contributed by atoms with E-state index in [2.05, 4.69) is 4.74 Å². The zero-order valence-corrected chi connectivity index (χ0v) is 10.5. The van der Waals surface area contributed by atoms with Gasteiger partial charge in [0.1, 0.15) is 5.60 Å². The van der Waals surface area contributed by atoms with E-state index in [1.165, 1.54) is 18.2 Å². The minimum atomic E-state index is -0.558. The quantitative estimate of drug-likeness (QED) is 0.655. The van der Waals surface area contributed by atoms with E-state index in [-0.39, 0.29) is 0 Å². The number of carbonyl (C=O) groups is 2. The molecule has 0 atom stereocenters. The first-order valence-electron chi connectivity index (χ1n) is 5.30. The van der Waals surface area contributed by atoms with Crippen LogP contribution in [0.5, 0.6) is 0 Å². The van der Waals surface area contributed by atoms with Crippen LogP contribution in [-0.2, 0) is 14.3 Å². The van der Waals surface area contributed by atoms with Gasteiger partial charge in [0.2, 0.25) is 0 Å². The topological polar surface area (TPSA) is 55.8 Å². The van der Waals surface area contributed by atoms with Crippen LogP contribution in [-0.4, -0.2) is 36.2 Å². The molecule has 1 aliphatic heterocycles. The monoisotopic (exact) mass is 239 g/mol. The van der Waals surface area contributed by atoms with Gasteiger partial charge < -0.3 is 9.47 Å². The van der Waals surface area contributed by atoms with Gasteiger partial charge in [-0.2, -0.15) is 0 Å². The molecule has 17 heavy (non-hydrogen) atoms. The zero-order valence-electron chi connectivity index (χ0n) is 10.5. The number of hydrogen-bond donors (Lipinski definition) is 0. The molecule has 0 unspecified atom stereocenters. The second-order valence-electron chi connectivity index (χ2n) is 4.61. The Morgan fingerprint density at radius 2 is 2.00 bits per heavy atom. The van der Waals surface area contributed by atoms with Gasteiger partial charge in [0.15, 0.2) is 0 Å². The average molecular weight is 239 g/mol. The predicted molar refractivity (Wildman–Crippen MR) is 62.2 cm³/mol. The van der Waals surface area contributed by atoms with Crippen molar-refractivity contribution in [2.45, 2.75) is 26.4 Å². The molecule has 0 fully saturated rings. The lowest BCUT2D eigenvalue weighted by molar-refractivity contribution is -0.135. The van der Waals surface area contributed by atoms with Crippen LogP contribution in [0.2, 0.25) is 0 Å². The summed E-state index contributed by atoms with van der Waals surface area (Å²) in [6, 6.07) is 0. The SMILES string of the molecule is COC(=O)C1=CN(C(=O)OC(C)(C)C)CC=C1. The Morgan fingerprint density at radius 3 is 2.53 bits per heavy atom. The highest BCUT2D eigenvalue weighted by Gasteiger charge is 2.23. The van der Waals surface area contributed by atoms with Gasteiger partial charge in [-0.25, -0.2) is 9.59 Å². The highest BCUT2D eigenvalue weighted by molar-refractivity contribution is 5.92. The third kappa shape index (κ3) is 3.94. The molecule has 0 saturated carbocycles. The molecule has 1 rings (SSSR count). The molecule has 0 spiro atoms. The molecule has 0 aromatic carbocycles. The third-order valence-corrected chi connectivity index (χ3v) is 1.94. The lowest BCUT2D eigenvalue weighted by atomic mass is 10.2. The maximum atomic E-state index is 11.7. The molecular formula is C12H17NO4. The average Bonchev–Trinajstić information content (AvgIpc) is 2.26. The molecule has 0 aromatic rings. The Kier molecular flexibility index (Phi) is 3.93. The molecule has 0 saturated heterocycles. The molecule has 1 amide bonds. The predicted octanol–water partition coefficient (Wildman–Crippen LogP) is 1.85. The van der Waals surface area contributed by atoms with Crippen LogP contribution in [0.25, 0.3) is 0 Å². The molecular weight excluding hydrogens is 222 g/mol. The molecule has 0 aromatic heterocycles. The van der Waals surface area contributed by atoms with Crippen LogP contribution in [0.4, 0.5) is 4.79 Å². The minimum Gasteiger partial charge on any atom is -0.465 e. The normalized spacial score (nSPS) is 15.3. The number of methoxy groups -OCH3 is 1. The van der Waals surface area contributed by atoms with Gasteiger partial charge in [-0.1, -0.05) is 6.08 Å². The summed E-state index contributed by atoms with van der Waals surface area (Å²) in [5.74, 6) is -0.477. The second kappa shape index (κ2) is 5.03. The van der Waals surface area contributed by atoms with E-state index in [1.807, 2.05) is 0 Å². The summed E-state index contributed by atoms with van der Waals surface area (Å²) in [5.41, 5.74) is -0.234. The van der Waals surface area contributed by atoms with Crippen molar-refractivity contribution in [1.82, 2.24) is 4.90 Å². The smallest absolute Gasteiger partial charge is 0.414 e. The van der Waals surface area contributed by atoms with E-state index in [4.69, 9.17) is 4.74 Å². The first-order chi connectivity index (χ1) is 7.83. The molecule has 0 N–H and O–H groups in total. The van der Waals surface area contributed by atoms with Crippen molar-refractivity contribution in [2.24, 2.45) is 0 Å². The molecule has 0 bridgehead atoms. The fraction of sp³-hybridized carbons (Fsp3) is 0.500. The van der Waals surface area contributed by atoms with Crippen LogP contribution in [0, 0.1) is 0 Å². The van der Waals surface area contributed by atoms with Gasteiger partial charge in [0, 0.05) is 12.7 Å². The van der Waals surface area contributed by atoms with Crippen molar-refractivity contribution in [1.29, 1.82) is 0 Å². The number of rotatable bonds is 1. The summed E-state index contributed by atoms with van der Waals surface area (Å²) in [4.78, 5) is 24.4. The van der Waals surface area contributed by atoms with Crippen LogP contribution in [0.1, 0.15) is 20.8 Å². The Labute approximate surface area is 101 Å². The molecule has 5 heteroatoms. The van der Waals surface area contributed by atoms with Gasteiger partial charge in [-0.3, -0.25) is 4.90 Å². The fourth-order valence-electron chi connectivity index (χ4n) is 1.24. The van der Waals surface area contributed by atoms with Gasteiger partial charge in [-0.15, -0.1) is 0 Å². The van der Waals surface area contributed by atoms with E-state index >= 15 is 0 Å². The summed E-state index contributed by atoms with van der Waals surface area (Å²) in [5, 5.41) is 0. The van der Waals surface area contributed by atoms with Crippen molar-refractivity contribution in [3.05, 3.63) is 23.9 Å². The lowest BCUT2D eigenvalue weighted by Gasteiger charge is -2.26.